The summed E-state index contributed by atoms with van der Waals surface area (Å²) in [6.45, 7) is 5.67. The summed E-state index contributed by atoms with van der Waals surface area (Å²) >= 11 is 2.43. The van der Waals surface area contributed by atoms with Crippen LogP contribution in [0, 0.1) is 23.0 Å². The number of carbonyl (C=O) groups excluding carboxylic acids is 2. The van der Waals surface area contributed by atoms with Crippen LogP contribution in [0.2, 0.25) is 0 Å². The first-order valence-corrected chi connectivity index (χ1v) is 21.7. The maximum absolute atomic E-state index is 15.6. The van der Waals surface area contributed by atoms with E-state index in [1.165, 1.54) is 46.8 Å². The normalized spacial score (nSPS) is 16.2. The maximum atomic E-state index is 15.6. The van der Waals surface area contributed by atoms with E-state index >= 15 is 4.39 Å². The van der Waals surface area contributed by atoms with Crippen molar-refractivity contribution in [1.82, 2.24) is 45.2 Å². The second-order valence-electron chi connectivity index (χ2n) is 16.5. The number of halogens is 2. The zero-order valence-electron chi connectivity index (χ0n) is 34.1. The Morgan fingerprint density at radius 3 is 2.06 bits per heavy atom. The van der Waals surface area contributed by atoms with Crippen molar-refractivity contribution in [2.24, 2.45) is 5.73 Å². The number of carbonyl (C=O) groups is 2. The smallest absolute Gasteiger partial charge is 0.411 e. The van der Waals surface area contributed by atoms with Crippen molar-refractivity contribution < 1.29 is 23.1 Å². The Morgan fingerprint density at radius 2 is 1.52 bits per heavy atom. The van der Waals surface area contributed by atoms with Gasteiger partial charge >= 0.3 is 6.09 Å². The second-order valence-corrected chi connectivity index (χ2v) is 18.6. The van der Waals surface area contributed by atoms with Gasteiger partial charge < -0.3 is 15.8 Å². The molecule has 2 aliphatic carbocycles. The molecule has 3 N–H and O–H groups in total. The fourth-order valence-electron chi connectivity index (χ4n) is 8.10. The van der Waals surface area contributed by atoms with E-state index in [1.807, 2.05) is 0 Å². The van der Waals surface area contributed by atoms with Crippen LogP contribution in [0.3, 0.4) is 0 Å². The van der Waals surface area contributed by atoms with Crippen molar-refractivity contribution in [3.05, 3.63) is 112 Å². The molecule has 19 heteroatoms. The van der Waals surface area contributed by atoms with Gasteiger partial charge in [-0.2, -0.15) is 10.4 Å². The summed E-state index contributed by atoms with van der Waals surface area (Å²) in [7, 11) is 0. The number of nitrogens with two attached hydrogens (primary N) is 1. The molecule has 0 saturated heterocycles. The van der Waals surface area contributed by atoms with Gasteiger partial charge in [-0.05, 0) is 95.0 Å². The Labute approximate surface area is 363 Å². The highest BCUT2D eigenvalue weighted by molar-refractivity contribution is 7.15. The number of aromatic nitrogens is 8. The van der Waals surface area contributed by atoms with Crippen molar-refractivity contribution in [3.8, 4) is 27.5 Å². The fourth-order valence-corrected chi connectivity index (χ4v) is 9.89. The van der Waals surface area contributed by atoms with Crippen LogP contribution < -0.4 is 11.1 Å². The molecule has 2 amide bonds. The van der Waals surface area contributed by atoms with Crippen LogP contribution in [0.15, 0.2) is 73.3 Å². The minimum atomic E-state index is -1.33. The lowest BCUT2D eigenvalue weighted by molar-refractivity contribution is -0.125. The van der Waals surface area contributed by atoms with Gasteiger partial charge in [-0.15, -0.1) is 38.0 Å². The zero-order valence-corrected chi connectivity index (χ0v) is 35.7. The molecule has 6 heterocycles. The first kappa shape index (κ1) is 42.3. The Kier molecular flexibility index (Phi) is 11.7. The van der Waals surface area contributed by atoms with Crippen LogP contribution >= 0.6 is 22.7 Å². The number of amides is 2. The minimum absolute atomic E-state index is 0.129. The lowest BCUT2D eigenvalue weighted by Crippen LogP contribution is -2.53. The molecule has 15 nitrogen and oxygen atoms in total. The Balaban J connectivity index is 1.06. The average molecular weight is 877 g/mol. The number of rotatable bonds is 14. The molecule has 0 aliphatic heterocycles. The third-order valence-corrected chi connectivity index (χ3v) is 13.6. The van der Waals surface area contributed by atoms with Crippen molar-refractivity contribution in [3.63, 3.8) is 0 Å². The van der Waals surface area contributed by atoms with E-state index in [9.17, 15) is 14.0 Å². The van der Waals surface area contributed by atoms with E-state index < -0.39 is 46.3 Å². The molecule has 318 valence electrons. The number of nitriles is 1. The van der Waals surface area contributed by atoms with E-state index in [2.05, 4.69) is 51.7 Å². The highest BCUT2D eigenvalue weighted by atomic mass is 32.1. The van der Waals surface area contributed by atoms with Gasteiger partial charge in [0, 0.05) is 47.2 Å². The van der Waals surface area contributed by atoms with Crippen LogP contribution in [0.5, 0.6) is 0 Å². The molecule has 0 aromatic carbocycles. The lowest BCUT2D eigenvalue weighted by atomic mass is 9.62. The number of anilines is 1. The van der Waals surface area contributed by atoms with Gasteiger partial charge in [0.2, 0.25) is 5.91 Å². The fraction of sp³-hybridized carbons (Fsp3) is 0.372. The molecule has 6 aromatic heterocycles. The first-order chi connectivity index (χ1) is 29.8. The summed E-state index contributed by atoms with van der Waals surface area (Å²) < 4.78 is 36.7. The maximum Gasteiger partial charge on any atom is 0.411 e. The molecule has 0 spiro atoms. The number of primary amides is 1. The number of thiazole rings is 2. The minimum Gasteiger partial charge on any atom is -0.438 e. The summed E-state index contributed by atoms with van der Waals surface area (Å²) in [5.74, 6) is -1.23. The largest absolute Gasteiger partial charge is 0.438 e. The van der Waals surface area contributed by atoms with Crippen LogP contribution in [-0.4, -0.2) is 69.3 Å². The number of hydrogen-bond donors (Lipinski definition) is 2. The molecule has 2 saturated carbocycles. The molecule has 0 radical (unpaired) electrons. The molecule has 2 unspecified atom stereocenters. The highest BCUT2D eigenvalue weighted by Gasteiger charge is 2.53. The summed E-state index contributed by atoms with van der Waals surface area (Å²) in [5.41, 5.74) is 5.20. The molecular weight excluding hydrogens is 835 g/mol. The van der Waals surface area contributed by atoms with Gasteiger partial charge in [-0.3, -0.25) is 19.7 Å². The van der Waals surface area contributed by atoms with Gasteiger partial charge in [0.15, 0.2) is 12.1 Å². The summed E-state index contributed by atoms with van der Waals surface area (Å²) in [5, 5.41) is 31.0. The number of nitrogens with zero attached hydrogens (tertiary/aromatic N) is 10. The Bertz CT molecular complexity index is 2620. The molecule has 2 atom stereocenters. The van der Waals surface area contributed by atoms with Gasteiger partial charge in [-0.1, -0.05) is 12.8 Å². The van der Waals surface area contributed by atoms with Crippen molar-refractivity contribution in [1.29, 1.82) is 5.26 Å². The summed E-state index contributed by atoms with van der Waals surface area (Å²) in [4.78, 5) is 48.3. The van der Waals surface area contributed by atoms with Crippen molar-refractivity contribution >= 4 is 40.5 Å². The van der Waals surface area contributed by atoms with Crippen LogP contribution in [0.1, 0.15) is 98.3 Å². The van der Waals surface area contributed by atoms with E-state index in [0.29, 0.717) is 63.6 Å². The third-order valence-electron chi connectivity index (χ3n) is 11.5. The van der Waals surface area contributed by atoms with Crippen LogP contribution in [-0.2, 0) is 26.8 Å². The van der Waals surface area contributed by atoms with Crippen molar-refractivity contribution in [2.45, 2.75) is 94.2 Å². The molecule has 62 heavy (non-hydrogen) atoms. The van der Waals surface area contributed by atoms with E-state index in [0.717, 1.165) is 35.5 Å². The molecule has 0 bridgehead atoms. The Hall–Kier alpha value is -6.39. The Morgan fingerprint density at radius 1 is 0.871 bits per heavy atom. The lowest BCUT2D eigenvalue weighted by Gasteiger charge is -2.47. The van der Waals surface area contributed by atoms with Crippen LogP contribution in [0.25, 0.3) is 21.4 Å². The number of pyridine rings is 2. The van der Waals surface area contributed by atoms with E-state index in [4.69, 9.17) is 15.7 Å². The predicted molar refractivity (Wildman–Crippen MR) is 226 cm³/mol. The van der Waals surface area contributed by atoms with Gasteiger partial charge in [0.1, 0.15) is 44.5 Å². The topological polar surface area (TPSA) is 212 Å². The quantitative estimate of drug-likeness (QED) is 0.107. The first-order valence-electron chi connectivity index (χ1n) is 20.0. The average Bonchev–Trinajstić information content (AvgIpc) is 3.90. The number of nitrogens with one attached hydrogen (secondary N) is 1. The molecule has 2 fully saturated rings. The summed E-state index contributed by atoms with van der Waals surface area (Å²) in [6.07, 6.45) is 8.43. The standard InChI is InChI=1S/C43H42F2N12O3S2/c1-41(2,3)57(33(37(47)58)31-23-51-39(62-31)30-12-13-32(56-55-30)52-24-42(15-6-16-42)34-26(44)8-4-20-48-34)40(59)60-36(43(17-7-18-43)35-27(45)9-5-21-49-35)28-10-11-29(54-53-28)38-50-22-25(61-38)14-19-46/h4-5,8-13,20-23,33,36H,6-7,14-18,24H2,1-3H3,(H2,47,58)(H,52,56). The third kappa shape index (κ3) is 8.19. The molecule has 8 rings (SSSR count). The second kappa shape index (κ2) is 17.2. The number of ether oxygens (including phenoxy) is 1. The van der Waals surface area contributed by atoms with Gasteiger partial charge in [-0.25, -0.2) is 23.5 Å². The van der Waals surface area contributed by atoms with Gasteiger partial charge in [0.05, 0.1) is 34.2 Å². The molecular formula is C43H42F2N12O3S2. The van der Waals surface area contributed by atoms with E-state index in [-0.39, 0.29) is 23.6 Å². The van der Waals surface area contributed by atoms with E-state index in [1.54, 1.807) is 63.5 Å². The van der Waals surface area contributed by atoms with Crippen molar-refractivity contribution in [2.75, 3.05) is 11.9 Å². The number of hydrogen-bond acceptors (Lipinski definition) is 15. The molecule has 6 aromatic rings. The zero-order chi connectivity index (χ0) is 43.6. The SMILES string of the molecule is CC(C)(C)N(C(=O)OC(c1ccc(-c2ncc(CC#N)s2)nn1)C1(c2ncccc2F)CCC1)C(C(N)=O)c1cnc(-c2ccc(NCC3(c4ncccc4F)CCC3)nn2)s1. The monoisotopic (exact) mass is 876 g/mol. The highest BCUT2D eigenvalue weighted by Crippen LogP contribution is 2.54. The molecule has 2 aliphatic rings. The summed E-state index contributed by atoms with van der Waals surface area (Å²) in [6, 6.07) is 13.4. The predicted octanol–water partition coefficient (Wildman–Crippen LogP) is 7.81. The van der Waals surface area contributed by atoms with Crippen LogP contribution in [0.4, 0.5) is 19.4 Å². The van der Waals surface area contributed by atoms with Gasteiger partial charge in [0.25, 0.3) is 0 Å².